The van der Waals surface area contributed by atoms with Gasteiger partial charge in [-0.15, -0.1) is 0 Å². The summed E-state index contributed by atoms with van der Waals surface area (Å²) >= 11 is 5.85. The van der Waals surface area contributed by atoms with Crippen LogP contribution in [0.15, 0.2) is 53.3 Å². The van der Waals surface area contributed by atoms with Crippen LogP contribution in [0, 0.1) is 0 Å². The molecule has 0 saturated carbocycles. The largest absolute Gasteiger partial charge is 0.482 e. The molecule has 0 radical (unpaired) electrons. The second kappa shape index (κ2) is 7.32. The number of nitrogens with one attached hydrogen (secondary N) is 2. The molecular formula is C18H12ClF3N2O3. The topological polar surface area (TPSA) is 71.2 Å². The number of H-pyrrole nitrogens is 1. The van der Waals surface area contributed by atoms with Gasteiger partial charge in [-0.25, -0.2) is 0 Å². The number of anilines is 1. The fourth-order valence-electron chi connectivity index (χ4n) is 2.41. The predicted molar refractivity (Wildman–Crippen MR) is 95.5 cm³/mol. The van der Waals surface area contributed by atoms with E-state index in [1.807, 2.05) is 0 Å². The van der Waals surface area contributed by atoms with Crippen molar-refractivity contribution in [3.05, 3.63) is 69.6 Å². The van der Waals surface area contributed by atoms with E-state index in [0.29, 0.717) is 10.8 Å². The van der Waals surface area contributed by atoms with Crippen LogP contribution in [0.3, 0.4) is 0 Å². The molecule has 0 atom stereocenters. The van der Waals surface area contributed by atoms with Gasteiger partial charge in [0.2, 0.25) is 0 Å². The van der Waals surface area contributed by atoms with Crippen LogP contribution in [0.2, 0.25) is 5.02 Å². The molecule has 3 aromatic rings. The molecule has 1 amide bonds. The first kappa shape index (κ1) is 18.8. The molecule has 2 aromatic carbocycles. The van der Waals surface area contributed by atoms with Gasteiger partial charge in [-0.2, -0.15) is 13.2 Å². The monoisotopic (exact) mass is 396 g/mol. The van der Waals surface area contributed by atoms with E-state index >= 15 is 0 Å². The van der Waals surface area contributed by atoms with Gasteiger partial charge in [-0.1, -0.05) is 29.8 Å². The Bertz CT molecular complexity index is 1060. The van der Waals surface area contributed by atoms with Gasteiger partial charge < -0.3 is 15.0 Å². The smallest absolute Gasteiger partial charge is 0.422 e. The summed E-state index contributed by atoms with van der Waals surface area (Å²) in [5.74, 6) is -0.926. The minimum absolute atomic E-state index is 0.0502. The average Bonchev–Trinajstić information content (AvgIpc) is 2.60. The van der Waals surface area contributed by atoms with Crippen molar-refractivity contribution in [2.24, 2.45) is 0 Å². The number of halogens is 4. The highest BCUT2D eigenvalue weighted by Crippen LogP contribution is 2.30. The molecule has 0 saturated heterocycles. The van der Waals surface area contributed by atoms with Crippen LogP contribution in [0.1, 0.15) is 10.5 Å². The maximum Gasteiger partial charge on any atom is 0.422 e. The molecule has 3 rings (SSSR count). The summed E-state index contributed by atoms with van der Waals surface area (Å²) in [5, 5.41) is 3.56. The van der Waals surface area contributed by atoms with E-state index in [2.05, 4.69) is 10.3 Å². The fraction of sp³-hybridized carbons (Fsp3) is 0.111. The quantitative estimate of drug-likeness (QED) is 0.687. The minimum atomic E-state index is -4.54. The highest BCUT2D eigenvalue weighted by molar-refractivity contribution is 6.31. The number of fused-ring (bicyclic) bond motifs is 1. The van der Waals surface area contributed by atoms with Gasteiger partial charge in [0, 0.05) is 10.4 Å². The number of hydrogen-bond acceptors (Lipinski definition) is 3. The molecule has 0 spiro atoms. The van der Waals surface area contributed by atoms with Gasteiger partial charge in [0.1, 0.15) is 11.4 Å². The van der Waals surface area contributed by atoms with Crippen molar-refractivity contribution in [1.82, 2.24) is 4.98 Å². The van der Waals surface area contributed by atoms with Gasteiger partial charge in [0.15, 0.2) is 6.61 Å². The number of aromatic amines is 1. The van der Waals surface area contributed by atoms with Crippen LogP contribution >= 0.6 is 11.6 Å². The van der Waals surface area contributed by atoms with Gasteiger partial charge in [0.25, 0.3) is 11.5 Å². The Hall–Kier alpha value is -3.00. The van der Waals surface area contributed by atoms with Crippen LogP contribution < -0.4 is 15.6 Å². The number of rotatable bonds is 4. The SMILES string of the molecule is O=C(Nc1cc(Cl)ccc1OCC(F)(F)F)c1cc2ccccc2c(=O)[nH]1. The van der Waals surface area contributed by atoms with E-state index < -0.39 is 24.2 Å². The summed E-state index contributed by atoms with van der Waals surface area (Å²) in [6, 6.07) is 11.9. The molecule has 140 valence electrons. The highest BCUT2D eigenvalue weighted by Gasteiger charge is 2.29. The lowest BCUT2D eigenvalue weighted by Gasteiger charge is -2.14. The Morgan fingerprint density at radius 1 is 1.15 bits per heavy atom. The van der Waals surface area contributed by atoms with Crippen LogP contribution in [0.5, 0.6) is 5.75 Å². The zero-order valence-electron chi connectivity index (χ0n) is 13.6. The highest BCUT2D eigenvalue weighted by atomic mass is 35.5. The van der Waals surface area contributed by atoms with E-state index in [9.17, 15) is 22.8 Å². The molecule has 1 aromatic heterocycles. The Morgan fingerprint density at radius 2 is 1.89 bits per heavy atom. The van der Waals surface area contributed by atoms with Crippen molar-refractivity contribution >= 4 is 34.0 Å². The molecular weight excluding hydrogens is 385 g/mol. The molecule has 2 N–H and O–H groups in total. The number of pyridine rings is 1. The van der Waals surface area contributed by atoms with Gasteiger partial charge in [0.05, 0.1) is 5.69 Å². The standard InChI is InChI=1S/C18H12ClF3N2O3/c19-11-5-6-15(27-9-18(20,21)22)13(8-11)23-17(26)14-7-10-3-1-2-4-12(10)16(25)24-14/h1-8H,9H2,(H,23,26)(H,24,25). The summed E-state index contributed by atoms with van der Waals surface area (Å²) in [6.07, 6.45) is -4.54. The molecule has 0 unspecified atom stereocenters. The number of carbonyl (C=O) groups excluding carboxylic acids is 1. The molecule has 1 heterocycles. The Balaban J connectivity index is 1.90. The molecule has 9 heteroatoms. The van der Waals surface area contributed by atoms with Crippen molar-refractivity contribution in [3.63, 3.8) is 0 Å². The van der Waals surface area contributed by atoms with Gasteiger partial charge >= 0.3 is 6.18 Å². The van der Waals surface area contributed by atoms with Crippen LogP contribution in [0.4, 0.5) is 18.9 Å². The van der Waals surface area contributed by atoms with Crippen molar-refractivity contribution in [1.29, 1.82) is 0 Å². The number of hydrogen-bond donors (Lipinski definition) is 2. The molecule has 0 fully saturated rings. The average molecular weight is 397 g/mol. The summed E-state index contributed by atoms with van der Waals surface area (Å²) in [7, 11) is 0. The van der Waals surface area contributed by atoms with E-state index in [0.717, 1.165) is 0 Å². The number of aromatic nitrogens is 1. The van der Waals surface area contributed by atoms with E-state index in [-0.39, 0.29) is 22.2 Å². The first-order chi connectivity index (χ1) is 12.7. The lowest BCUT2D eigenvalue weighted by atomic mass is 10.1. The molecule has 0 bridgehead atoms. The first-order valence-corrected chi connectivity index (χ1v) is 8.03. The summed E-state index contributed by atoms with van der Waals surface area (Å²) in [5.41, 5.74) is -0.566. The number of amides is 1. The second-order valence-corrected chi connectivity index (χ2v) is 6.03. The van der Waals surface area contributed by atoms with Gasteiger partial charge in [-0.3, -0.25) is 9.59 Å². The molecule has 27 heavy (non-hydrogen) atoms. The van der Waals surface area contributed by atoms with Crippen molar-refractivity contribution in [3.8, 4) is 5.75 Å². The van der Waals surface area contributed by atoms with Gasteiger partial charge in [-0.05, 0) is 35.7 Å². The normalized spacial score (nSPS) is 11.4. The van der Waals surface area contributed by atoms with E-state index in [4.69, 9.17) is 16.3 Å². The first-order valence-electron chi connectivity index (χ1n) is 7.65. The van der Waals surface area contributed by atoms with Crippen molar-refractivity contribution < 1.29 is 22.7 Å². The van der Waals surface area contributed by atoms with Crippen LogP contribution in [-0.4, -0.2) is 23.7 Å². The third-order valence-electron chi connectivity index (χ3n) is 3.58. The van der Waals surface area contributed by atoms with Crippen LogP contribution in [0.25, 0.3) is 10.8 Å². The lowest BCUT2D eigenvalue weighted by Crippen LogP contribution is -2.21. The molecule has 0 aliphatic heterocycles. The zero-order chi connectivity index (χ0) is 19.6. The summed E-state index contributed by atoms with van der Waals surface area (Å²) < 4.78 is 41.9. The number of ether oxygens (including phenoxy) is 1. The number of carbonyl (C=O) groups is 1. The minimum Gasteiger partial charge on any atom is -0.482 e. The number of alkyl halides is 3. The Morgan fingerprint density at radius 3 is 2.63 bits per heavy atom. The second-order valence-electron chi connectivity index (χ2n) is 5.60. The maximum atomic E-state index is 12.5. The van der Waals surface area contributed by atoms with E-state index in [1.165, 1.54) is 24.3 Å². The predicted octanol–water partition coefficient (Wildman–Crippen LogP) is 4.37. The third kappa shape index (κ3) is 4.59. The molecule has 0 aliphatic rings. The fourth-order valence-corrected chi connectivity index (χ4v) is 2.58. The Labute approximate surface area is 155 Å². The summed E-state index contributed by atoms with van der Waals surface area (Å²) in [4.78, 5) is 27.0. The Kier molecular flexibility index (Phi) is 5.09. The molecule has 5 nitrogen and oxygen atoms in total. The van der Waals surface area contributed by atoms with E-state index in [1.54, 1.807) is 24.3 Å². The summed E-state index contributed by atoms with van der Waals surface area (Å²) in [6.45, 7) is -1.52. The van der Waals surface area contributed by atoms with Crippen LogP contribution in [-0.2, 0) is 0 Å². The lowest BCUT2D eigenvalue weighted by molar-refractivity contribution is -0.153. The van der Waals surface area contributed by atoms with Crippen molar-refractivity contribution in [2.75, 3.05) is 11.9 Å². The molecule has 0 aliphatic carbocycles. The van der Waals surface area contributed by atoms with Crippen molar-refractivity contribution in [2.45, 2.75) is 6.18 Å². The zero-order valence-corrected chi connectivity index (χ0v) is 14.3. The third-order valence-corrected chi connectivity index (χ3v) is 3.81. The number of benzene rings is 2. The maximum absolute atomic E-state index is 12.5.